The third kappa shape index (κ3) is 5.54. The minimum atomic E-state index is -4.15. The predicted molar refractivity (Wildman–Crippen MR) is 122 cm³/mol. The Morgan fingerprint density at radius 2 is 1.74 bits per heavy atom. The molecule has 2 aliphatic rings. The topological polar surface area (TPSA) is 99.8 Å². The Bertz CT molecular complexity index is 1050. The number of piperidine rings is 1. The van der Waals surface area contributed by atoms with E-state index in [2.05, 4.69) is 9.97 Å². The number of anilines is 1. The van der Waals surface area contributed by atoms with Gasteiger partial charge in [-0.3, -0.25) is 4.79 Å². The molecule has 35 heavy (non-hydrogen) atoms. The molecule has 0 radical (unpaired) electrons. The van der Waals surface area contributed by atoms with Crippen LogP contribution < -0.4 is 19.9 Å². The molecule has 8 nitrogen and oxygen atoms in total. The number of halogens is 3. The molecule has 1 saturated heterocycles. The maximum absolute atomic E-state index is 13.0. The lowest BCUT2D eigenvalue weighted by Crippen LogP contribution is -2.38. The Kier molecular flexibility index (Phi) is 7.23. The van der Waals surface area contributed by atoms with Crippen LogP contribution in [-0.2, 0) is 0 Å². The van der Waals surface area contributed by atoms with Crippen molar-refractivity contribution in [2.45, 2.75) is 37.8 Å². The van der Waals surface area contributed by atoms with Crippen molar-refractivity contribution in [3.05, 3.63) is 35.8 Å². The molecule has 0 aromatic carbocycles. The number of likely N-dealkylation sites (tertiary alicyclic amines) is 1. The second-order valence-electron chi connectivity index (χ2n) is 9.02. The van der Waals surface area contributed by atoms with Crippen molar-refractivity contribution in [2.75, 3.05) is 39.6 Å². The number of nitrogens with two attached hydrogens (primary N) is 1. The summed E-state index contributed by atoms with van der Waals surface area (Å²) < 4.78 is 54.4. The number of hydrogen-bond acceptors (Lipinski definition) is 7. The fourth-order valence-corrected chi connectivity index (χ4v) is 4.66. The van der Waals surface area contributed by atoms with Gasteiger partial charge in [0.15, 0.2) is 11.5 Å². The number of rotatable bonds is 7. The predicted octanol–water partition coefficient (Wildman–Crippen LogP) is 4.06. The van der Waals surface area contributed by atoms with Gasteiger partial charge in [-0.25, -0.2) is 9.97 Å². The number of hydrogen-bond donors (Lipinski definition) is 1. The summed E-state index contributed by atoms with van der Waals surface area (Å²) in [5, 5.41) is 0. The maximum atomic E-state index is 13.0. The second kappa shape index (κ2) is 10.2. The molecular weight excluding hydrogens is 465 g/mol. The number of aromatic nitrogens is 2. The van der Waals surface area contributed by atoms with Crippen LogP contribution in [0.4, 0.5) is 19.0 Å². The van der Waals surface area contributed by atoms with Gasteiger partial charge in [0.2, 0.25) is 0 Å². The van der Waals surface area contributed by atoms with E-state index in [9.17, 15) is 18.0 Å². The van der Waals surface area contributed by atoms with E-state index >= 15 is 0 Å². The summed E-state index contributed by atoms with van der Waals surface area (Å²) in [5.74, 6) is 0.278. The van der Waals surface area contributed by atoms with Crippen molar-refractivity contribution < 1.29 is 32.2 Å². The van der Waals surface area contributed by atoms with Crippen LogP contribution in [0.3, 0.4) is 0 Å². The highest BCUT2D eigenvalue weighted by Crippen LogP contribution is 2.45. The summed E-state index contributed by atoms with van der Waals surface area (Å²) in [6.07, 6.45) is 0.578. The van der Waals surface area contributed by atoms with Crippen LogP contribution in [0.25, 0.3) is 0 Å². The van der Waals surface area contributed by atoms with Gasteiger partial charge in [0.1, 0.15) is 17.3 Å². The largest absolute Gasteiger partial charge is 0.496 e. The lowest BCUT2D eigenvalue weighted by Gasteiger charge is -2.36. The summed E-state index contributed by atoms with van der Waals surface area (Å²) >= 11 is 0. The Morgan fingerprint density at radius 1 is 1.06 bits per heavy atom. The van der Waals surface area contributed by atoms with E-state index in [4.69, 9.17) is 19.9 Å². The van der Waals surface area contributed by atoms with Crippen LogP contribution in [-0.4, -0.2) is 60.9 Å². The zero-order valence-corrected chi connectivity index (χ0v) is 19.7. The van der Waals surface area contributed by atoms with Gasteiger partial charge in [0.05, 0.1) is 32.9 Å². The highest BCUT2D eigenvalue weighted by atomic mass is 19.4. The SMILES string of the molecule is COc1cc(C(=O)N2CCC(c3cnc(N)cc3OC)CC2)ncc1OCC1CC(C(F)(F)F)C1. The van der Waals surface area contributed by atoms with Gasteiger partial charge in [-0.15, -0.1) is 0 Å². The van der Waals surface area contributed by atoms with Crippen LogP contribution in [0.15, 0.2) is 24.5 Å². The summed E-state index contributed by atoms with van der Waals surface area (Å²) in [7, 11) is 3.04. The van der Waals surface area contributed by atoms with Gasteiger partial charge in [-0.1, -0.05) is 0 Å². The number of amides is 1. The first-order valence-corrected chi connectivity index (χ1v) is 11.5. The number of pyridine rings is 2. The fraction of sp³-hybridized carbons (Fsp3) is 0.542. The summed E-state index contributed by atoms with van der Waals surface area (Å²) in [4.78, 5) is 23.2. The molecule has 1 aliphatic carbocycles. The number of carbonyl (C=O) groups excluding carboxylic acids is 1. The number of nitrogens with zero attached hydrogens (tertiary/aromatic N) is 3. The van der Waals surface area contributed by atoms with E-state index in [0.717, 1.165) is 18.4 Å². The quantitative estimate of drug-likeness (QED) is 0.620. The first-order valence-electron chi connectivity index (χ1n) is 11.5. The minimum Gasteiger partial charge on any atom is -0.496 e. The molecule has 1 amide bonds. The van der Waals surface area contributed by atoms with Gasteiger partial charge in [0, 0.05) is 37.0 Å². The van der Waals surface area contributed by atoms with E-state index in [0.29, 0.717) is 36.2 Å². The van der Waals surface area contributed by atoms with Crippen molar-refractivity contribution >= 4 is 11.7 Å². The van der Waals surface area contributed by atoms with E-state index < -0.39 is 12.1 Å². The van der Waals surface area contributed by atoms with E-state index in [-0.39, 0.29) is 42.9 Å². The third-order valence-electron chi connectivity index (χ3n) is 6.80. The summed E-state index contributed by atoms with van der Waals surface area (Å²) in [6, 6.07) is 3.21. The molecule has 2 aromatic rings. The molecule has 3 heterocycles. The monoisotopic (exact) mass is 494 g/mol. The zero-order valence-electron chi connectivity index (χ0n) is 19.7. The third-order valence-corrected chi connectivity index (χ3v) is 6.80. The molecule has 2 N–H and O–H groups in total. The zero-order chi connectivity index (χ0) is 25.2. The average Bonchev–Trinajstić information content (AvgIpc) is 2.81. The number of carbonyl (C=O) groups is 1. The smallest absolute Gasteiger partial charge is 0.391 e. The molecule has 2 aromatic heterocycles. The summed E-state index contributed by atoms with van der Waals surface area (Å²) in [6.45, 7) is 1.23. The van der Waals surface area contributed by atoms with Crippen LogP contribution in [0.2, 0.25) is 0 Å². The number of methoxy groups -OCH3 is 2. The average molecular weight is 495 g/mol. The highest BCUT2D eigenvalue weighted by Gasteiger charge is 2.47. The maximum Gasteiger partial charge on any atom is 0.391 e. The van der Waals surface area contributed by atoms with Crippen molar-refractivity contribution in [2.24, 2.45) is 11.8 Å². The minimum absolute atomic E-state index is 0.0596. The fourth-order valence-electron chi connectivity index (χ4n) is 4.66. The van der Waals surface area contributed by atoms with Crippen molar-refractivity contribution in [1.82, 2.24) is 14.9 Å². The van der Waals surface area contributed by atoms with Gasteiger partial charge >= 0.3 is 6.18 Å². The molecule has 2 fully saturated rings. The Balaban J connectivity index is 1.34. The molecule has 0 unspecified atom stereocenters. The number of nitrogen functional groups attached to an aromatic ring is 1. The van der Waals surface area contributed by atoms with Gasteiger partial charge in [0.25, 0.3) is 5.91 Å². The van der Waals surface area contributed by atoms with E-state index in [1.807, 2.05) is 0 Å². The normalized spacial score (nSPS) is 20.8. The molecular formula is C24H29F3N4O4. The number of alkyl halides is 3. The molecule has 1 saturated carbocycles. The number of ether oxygens (including phenoxy) is 3. The molecule has 4 rings (SSSR count). The van der Waals surface area contributed by atoms with Gasteiger partial charge in [-0.2, -0.15) is 13.2 Å². The van der Waals surface area contributed by atoms with E-state index in [1.54, 1.807) is 24.3 Å². The van der Waals surface area contributed by atoms with Crippen molar-refractivity contribution in [3.8, 4) is 17.2 Å². The highest BCUT2D eigenvalue weighted by molar-refractivity contribution is 5.93. The van der Waals surface area contributed by atoms with Crippen molar-refractivity contribution in [3.63, 3.8) is 0 Å². The standard InChI is InChI=1S/C24H29F3N4O4/c1-33-19-10-22(28)30-11-17(19)15-3-5-31(6-4-15)23(32)18-9-20(34-2)21(12-29-18)35-13-14-7-16(8-14)24(25,26)27/h9-12,14-16H,3-8,13H2,1-2H3,(H2,28,30). The molecule has 11 heteroatoms. The van der Waals surface area contributed by atoms with Crippen LogP contribution in [0, 0.1) is 11.8 Å². The Morgan fingerprint density at radius 3 is 2.37 bits per heavy atom. The summed E-state index contributed by atoms with van der Waals surface area (Å²) in [5.41, 5.74) is 6.94. The van der Waals surface area contributed by atoms with Crippen molar-refractivity contribution in [1.29, 1.82) is 0 Å². The molecule has 190 valence electrons. The van der Waals surface area contributed by atoms with Crippen LogP contribution in [0.5, 0.6) is 17.2 Å². The molecule has 0 bridgehead atoms. The second-order valence-corrected chi connectivity index (χ2v) is 9.02. The van der Waals surface area contributed by atoms with Gasteiger partial charge in [-0.05, 0) is 37.5 Å². The Hall–Kier alpha value is -3.24. The molecule has 1 aliphatic heterocycles. The van der Waals surface area contributed by atoms with Crippen LogP contribution >= 0.6 is 0 Å². The lowest BCUT2D eigenvalue weighted by molar-refractivity contribution is -0.206. The van der Waals surface area contributed by atoms with Gasteiger partial charge < -0.3 is 24.8 Å². The lowest BCUT2D eigenvalue weighted by atomic mass is 9.75. The van der Waals surface area contributed by atoms with Crippen LogP contribution in [0.1, 0.15) is 47.7 Å². The molecule has 0 atom stereocenters. The molecule has 0 spiro atoms. The first-order chi connectivity index (χ1) is 16.7. The van der Waals surface area contributed by atoms with E-state index in [1.165, 1.54) is 19.4 Å². The first kappa shape index (κ1) is 24.9. The Labute approximate surface area is 201 Å².